The summed E-state index contributed by atoms with van der Waals surface area (Å²) in [6, 6.07) is 6.46. The van der Waals surface area contributed by atoms with E-state index in [1.807, 2.05) is 13.8 Å². The van der Waals surface area contributed by atoms with Gasteiger partial charge in [-0.05, 0) is 38.8 Å². The molecule has 1 aromatic carbocycles. The smallest absolute Gasteiger partial charge is 0.319 e. The van der Waals surface area contributed by atoms with Crippen LogP contribution in [0.1, 0.15) is 49.9 Å². The van der Waals surface area contributed by atoms with Crippen LogP contribution in [0.3, 0.4) is 0 Å². The molecule has 0 aromatic heterocycles. The molecule has 4 N–H and O–H groups in total. The standard InChI is InChI=1S/C19H28N4O3/c1-13(2)22-19(26)23-16-10-6-5-9-15(16)18(25)21-12-11-20-17(24)14-7-3-4-8-14/h5-6,9-10,13-14H,3-4,7-8,11-12H2,1-2H3,(H,20,24)(H,21,25)(H2,22,23,26). The molecule has 0 bridgehead atoms. The predicted octanol–water partition coefficient (Wildman–Crippen LogP) is 2.25. The van der Waals surface area contributed by atoms with Crippen LogP contribution in [0.15, 0.2) is 24.3 Å². The van der Waals surface area contributed by atoms with Gasteiger partial charge >= 0.3 is 6.03 Å². The second kappa shape index (κ2) is 9.79. The molecule has 7 heteroatoms. The Bertz CT molecular complexity index is 639. The number of nitrogens with one attached hydrogen (secondary N) is 4. The lowest BCUT2D eigenvalue weighted by atomic mass is 10.1. The number of amides is 4. The number of anilines is 1. The first kappa shape index (κ1) is 19.8. The zero-order valence-corrected chi connectivity index (χ0v) is 15.4. The molecule has 0 spiro atoms. The number of urea groups is 1. The van der Waals surface area contributed by atoms with Crippen LogP contribution in [-0.4, -0.2) is 37.0 Å². The maximum absolute atomic E-state index is 12.4. The monoisotopic (exact) mass is 360 g/mol. The highest BCUT2D eigenvalue weighted by Crippen LogP contribution is 2.24. The average molecular weight is 360 g/mol. The van der Waals surface area contributed by atoms with E-state index in [0.717, 1.165) is 25.7 Å². The van der Waals surface area contributed by atoms with Crippen LogP contribution in [0.4, 0.5) is 10.5 Å². The quantitative estimate of drug-likeness (QED) is 0.561. The van der Waals surface area contributed by atoms with E-state index in [1.54, 1.807) is 24.3 Å². The van der Waals surface area contributed by atoms with Gasteiger partial charge in [0.2, 0.25) is 5.91 Å². The van der Waals surface area contributed by atoms with Gasteiger partial charge in [-0.3, -0.25) is 9.59 Å². The largest absolute Gasteiger partial charge is 0.354 e. The Morgan fingerprint density at radius 3 is 2.38 bits per heavy atom. The number of carbonyl (C=O) groups excluding carboxylic acids is 3. The van der Waals surface area contributed by atoms with E-state index < -0.39 is 0 Å². The van der Waals surface area contributed by atoms with Crippen molar-refractivity contribution in [3.05, 3.63) is 29.8 Å². The first-order chi connectivity index (χ1) is 12.5. The van der Waals surface area contributed by atoms with Crippen molar-refractivity contribution in [3.63, 3.8) is 0 Å². The van der Waals surface area contributed by atoms with Gasteiger partial charge in [-0.2, -0.15) is 0 Å². The summed E-state index contributed by atoms with van der Waals surface area (Å²) in [5.74, 6) is -0.0974. The molecule has 1 aromatic rings. The van der Waals surface area contributed by atoms with Crippen LogP contribution in [0.5, 0.6) is 0 Å². The first-order valence-corrected chi connectivity index (χ1v) is 9.20. The van der Waals surface area contributed by atoms with Crippen LogP contribution in [-0.2, 0) is 4.79 Å². The van der Waals surface area contributed by atoms with Gasteiger partial charge in [-0.1, -0.05) is 25.0 Å². The third-order valence-corrected chi connectivity index (χ3v) is 4.28. The summed E-state index contributed by atoms with van der Waals surface area (Å²) in [6.45, 7) is 4.45. The third kappa shape index (κ3) is 6.06. The Labute approximate surface area is 154 Å². The van der Waals surface area contributed by atoms with Crippen molar-refractivity contribution < 1.29 is 14.4 Å². The van der Waals surface area contributed by atoms with Crippen molar-refractivity contribution in [2.75, 3.05) is 18.4 Å². The van der Waals surface area contributed by atoms with Gasteiger partial charge in [-0.25, -0.2) is 4.79 Å². The second-order valence-electron chi connectivity index (χ2n) is 6.83. The SMILES string of the molecule is CC(C)NC(=O)Nc1ccccc1C(=O)NCCNC(=O)C1CCCC1. The molecule has 1 fully saturated rings. The van der Waals surface area contributed by atoms with E-state index >= 15 is 0 Å². The van der Waals surface area contributed by atoms with E-state index in [1.165, 1.54) is 0 Å². The Morgan fingerprint density at radius 2 is 1.69 bits per heavy atom. The Hall–Kier alpha value is -2.57. The summed E-state index contributed by atoms with van der Waals surface area (Å²) in [4.78, 5) is 36.2. The van der Waals surface area contributed by atoms with E-state index in [0.29, 0.717) is 24.3 Å². The Kier molecular flexibility index (Phi) is 7.44. The molecule has 0 heterocycles. The van der Waals surface area contributed by atoms with Crippen LogP contribution in [0, 0.1) is 5.92 Å². The summed E-state index contributed by atoms with van der Waals surface area (Å²) in [5.41, 5.74) is 0.826. The maximum Gasteiger partial charge on any atom is 0.319 e. The van der Waals surface area contributed by atoms with Crippen LogP contribution >= 0.6 is 0 Å². The third-order valence-electron chi connectivity index (χ3n) is 4.28. The number of benzene rings is 1. The lowest BCUT2D eigenvalue weighted by Gasteiger charge is -2.14. The average Bonchev–Trinajstić information content (AvgIpc) is 3.12. The molecular formula is C19H28N4O3. The summed E-state index contributed by atoms with van der Waals surface area (Å²) in [5, 5.41) is 11.0. The molecule has 1 aliphatic carbocycles. The van der Waals surface area contributed by atoms with E-state index in [-0.39, 0.29) is 29.8 Å². The molecule has 26 heavy (non-hydrogen) atoms. The van der Waals surface area contributed by atoms with Crippen molar-refractivity contribution >= 4 is 23.5 Å². The van der Waals surface area contributed by atoms with Gasteiger partial charge in [0.15, 0.2) is 0 Å². The van der Waals surface area contributed by atoms with Gasteiger partial charge in [0.1, 0.15) is 0 Å². The summed E-state index contributed by atoms with van der Waals surface area (Å²) in [7, 11) is 0. The molecule has 0 unspecified atom stereocenters. The lowest BCUT2D eigenvalue weighted by molar-refractivity contribution is -0.124. The molecule has 0 saturated heterocycles. The Balaban J connectivity index is 1.81. The molecule has 7 nitrogen and oxygen atoms in total. The minimum Gasteiger partial charge on any atom is -0.354 e. The van der Waals surface area contributed by atoms with E-state index in [2.05, 4.69) is 21.3 Å². The highest BCUT2D eigenvalue weighted by Gasteiger charge is 2.22. The van der Waals surface area contributed by atoms with Crippen molar-refractivity contribution in [1.82, 2.24) is 16.0 Å². The number of rotatable bonds is 7. The minimum atomic E-state index is -0.357. The molecule has 0 atom stereocenters. The molecule has 0 aliphatic heterocycles. The van der Waals surface area contributed by atoms with Crippen molar-refractivity contribution in [2.24, 2.45) is 5.92 Å². The topological polar surface area (TPSA) is 99.3 Å². The number of carbonyl (C=O) groups is 3. The predicted molar refractivity (Wildman–Crippen MR) is 101 cm³/mol. The van der Waals surface area contributed by atoms with Crippen LogP contribution in [0.25, 0.3) is 0 Å². The lowest BCUT2D eigenvalue weighted by Crippen LogP contribution is -2.37. The molecule has 0 radical (unpaired) electrons. The number of hydrogen-bond donors (Lipinski definition) is 4. The summed E-state index contributed by atoms with van der Waals surface area (Å²) >= 11 is 0. The molecule has 142 valence electrons. The van der Waals surface area contributed by atoms with Crippen LogP contribution < -0.4 is 21.3 Å². The van der Waals surface area contributed by atoms with Gasteiger partial charge in [0.05, 0.1) is 11.3 Å². The molecule has 1 aliphatic rings. The fourth-order valence-electron chi connectivity index (χ4n) is 3.00. The van der Waals surface area contributed by atoms with Gasteiger partial charge in [-0.15, -0.1) is 0 Å². The first-order valence-electron chi connectivity index (χ1n) is 9.20. The fourth-order valence-corrected chi connectivity index (χ4v) is 3.00. The highest BCUT2D eigenvalue weighted by atomic mass is 16.2. The van der Waals surface area contributed by atoms with Crippen molar-refractivity contribution in [1.29, 1.82) is 0 Å². The van der Waals surface area contributed by atoms with Crippen LogP contribution in [0.2, 0.25) is 0 Å². The summed E-state index contributed by atoms with van der Waals surface area (Å²) < 4.78 is 0. The zero-order valence-electron chi connectivity index (χ0n) is 15.4. The molecular weight excluding hydrogens is 332 g/mol. The van der Waals surface area contributed by atoms with Gasteiger partial charge in [0, 0.05) is 25.0 Å². The Morgan fingerprint density at radius 1 is 1.04 bits per heavy atom. The molecule has 1 saturated carbocycles. The molecule has 4 amide bonds. The summed E-state index contributed by atoms with van der Waals surface area (Å²) in [6.07, 6.45) is 4.14. The van der Waals surface area contributed by atoms with Gasteiger partial charge < -0.3 is 21.3 Å². The van der Waals surface area contributed by atoms with Crippen molar-refractivity contribution in [2.45, 2.75) is 45.6 Å². The van der Waals surface area contributed by atoms with Crippen molar-refractivity contribution in [3.8, 4) is 0 Å². The van der Waals surface area contributed by atoms with E-state index in [4.69, 9.17) is 0 Å². The highest BCUT2D eigenvalue weighted by molar-refractivity contribution is 6.03. The minimum absolute atomic E-state index is 0.000493. The zero-order chi connectivity index (χ0) is 18.9. The van der Waals surface area contributed by atoms with Gasteiger partial charge in [0.25, 0.3) is 5.91 Å². The second-order valence-corrected chi connectivity index (χ2v) is 6.83. The molecule has 2 rings (SSSR count). The maximum atomic E-state index is 12.4. The number of para-hydroxylation sites is 1. The number of hydrogen-bond acceptors (Lipinski definition) is 3. The fraction of sp³-hybridized carbons (Fsp3) is 0.526. The normalized spacial score (nSPS) is 14.1. The van der Waals surface area contributed by atoms with E-state index in [9.17, 15) is 14.4 Å².